The molecule has 0 fully saturated rings. The monoisotopic (exact) mass is 477 g/mol. The third kappa shape index (κ3) is 8.39. The van der Waals surface area contributed by atoms with E-state index in [0.717, 1.165) is 5.32 Å². The van der Waals surface area contributed by atoms with Gasteiger partial charge in [-0.3, -0.25) is 0 Å². The number of amides is 1. The number of hydrogen-bond acceptors (Lipinski definition) is 4. The van der Waals surface area contributed by atoms with Gasteiger partial charge in [-0.25, -0.2) is 0 Å². The summed E-state index contributed by atoms with van der Waals surface area (Å²) >= 11 is 0.263. The van der Waals surface area contributed by atoms with Gasteiger partial charge in [0.1, 0.15) is 5.60 Å². The van der Waals surface area contributed by atoms with E-state index in [1.165, 1.54) is 4.46 Å². The molecule has 2 aromatic rings. The molecule has 0 aliphatic carbocycles. The SMILES string of the molecule is CC(C)(C)OC(=O)N[C@@H](Cc1ccc(C(=O)CC[Se]c2ccccc2)cc1)C(=O)O. The summed E-state index contributed by atoms with van der Waals surface area (Å²) in [5.41, 5.74) is 0.606. The van der Waals surface area contributed by atoms with Crippen LogP contribution in [0.1, 0.15) is 43.1 Å². The molecule has 0 saturated heterocycles. The Labute approximate surface area is 183 Å². The van der Waals surface area contributed by atoms with Crippen LogP contribution in [-0.4, -0.2) is 49.6 Å². The molecule has 30 heavy (non-hydrogen) atoms. The molecule has 0 aliphatic rings. The number of ketones is 1. The summed E-state index contributed by atoms with van der Waals surface area (Å²) < 4.78 is 6.39. The Bertz CT molecular complexity index is 859. The number of nitrogens with one attached hydrogen (secondary N) is 1. The number of benzene rings is 2. The Kier molecular flexibility index (Phi) is 8.63. The standard InChI is InChI=1S/C23H27NO5Se/c1-23(2,3)29-22(28)24-19(21(26)27)15-16-9-11-17(12-10-16)20(25)13-14-30-18-7-5-4-6-8-18/h4-12,19H,13-15H2,1-3H3,(H,24,28)(H,26,27)/t19-/m0/s1. The van der Waals surface area contributed by atoms with Gasteiger partial charge in [0, 0.05) is 0 Å². The van der Waals surface area contributed by atoms with Crippen LogP contribution < -0.4 is 9.78 Å². The fourth-order valence-corrected chi connectivity index (χ4v) is 4.47. The van der Waals surface area contributed by atoms with Crippen molar-refractivity contribution in [2.24, 2.45) is 0 Å². The molecule has 7 heteroatoms. The van der Waals surface area contributed by atoms with Gasteiger partial charge in [0.25, 0.3) is 0 Å². The molecule has 0 saturated carbocycles. The fourth-order valence-electron chi connectivity index (χ4n) is 2.63. The van der Waals surface area contributed by atoms with Gasteiger partial charge < -0.3 is 0 Å². The maximum absolute atomic E-state index is 12.4. The van der Waals surface area contributed by atoms with Crippen molar-refractivity contribution in [3.05, 3.63) is 65.7 Å². The predicted octanol–water partition coefficient (Wildman–Crippen LogP) is 3.23. The summed E-state index contributed by atoms with van der Waals surface area (Å²) in [7, 11) is 0. The first-order valence-corrected chi connectivity index (χ1v) is 11.7. The summed E-state index contributed by atoms with van der Waals surface area (Å²) in [5, 5.41) is 12.6. The van der Waals surface area contributed by atoms with Gasteiger partial charge in [0.2, 0.25) is 0 Å². The van der Waals surface area contributed by atoms with Gasteiger partial charge in [-0.05, 0) is 20.8 Å². The Morgan fingerprint density at radius 2 is 1.67 bits per heavy atom. The van der Waals surface area contributed by atoms with Crippen molar-refractivity contribution >= 4 is 37.3 Å². The summed E-state index contributed by atoms with van der Waals surface area (Å²) in [6, 6.07) is 15.9. The molecule has 0 unspecified atom stereocenters. The van der Waals surface area contributed by atoms with Gasteiger partial charge in [-0.1, -0.05) is 0 Å². The number of carboxylic acid groups (broad SMARTS) is 1. The molecule has 2 rings (SSSR count). The molecule has 0 aromatic heterocycles. The van der Waals surface area contributed by atoms with Crippen LogP contribution in [0, 0.1) is 0 Å². The molecule has 0 heterocycles. The van der Waals surface area contributed by atoms with Crippen LogP contribution in [-0.2, 0) is 16.0 Å². The number of aliphatic carboxylic acids is 1. The number of carbonyl (C=O) groups excluding carboxylic acids is 2. The van der Waals surface area contributed by atoms with E-state index in [1.54, 1.807) is 45.0 Å². The molecule has 160 valence electrons. The second-order valence-corrected chi connectivity index (χ2v) is 10.2. The van der Waals surface area contributed by atoms with Crippen molar-refractivity contribution in [2.45, 2.75) is 50.6 Å². The fraction of sp³-hybridized carbons (Fsp3) is 0.348. The van der Waals surface area contributed by atoms with E-state index >= 15 is 0 Å². The van der Waals surface area contributed by atoms with E-state index in [0.29, 0.717) is 17.5 Å². The summed E-state index contributed by atoms with van der Waals surface area (Å²) in [5.74, 6) is -1.08. The normalized spacial score (nSPS) is 12.1. The van der Waals surface area contributed by atoms with Gasteiger partial charge >= 0.3 is 157 Å². The zero-order valence-corrected chi connectivity index (χ0v) is 19.1. The van der Waals surface area contributed by atoms with Crippen LogP contribution >= 0.6 is 0 Å². The van der Waals surface area contributed by atoms with Crippen LogP contribution in [0.15, 0.2) is 54.6 Å². The summed E-state index contributed by atoms with van der Waals surface area (Å²) in [4.78, 5) is 35.8. The quantitative estimate of drug-likeness (QED) is 0.428. The molecular weight excluding hydrogens is 449 g/mol. The molecule has 0 radical (unpaired) electrons. The molecular formula is C23H27NO5Se. The van der Waals surface area contributed by atoms with Crippen molar-refractivity contribution in [2.75, 3.05) is 0 Å². The Morgan fingerprint density at radius 1 is 1.03 bits per heavy atom. The molecule has 2 N–H and O–H groups in total. The Morgan fingerprint density at radius 3 is 2.23 bits per heavy atom. The number of hydrogen-bond donors (Lipinski definition) is 2. The van der Waals surface area contributed by atoms with Crippen molar-refractivity contribution in [3.63, 3.8) is 0 Å². The average molecular weight is 476 g/mol. The van der Waals surface area contributed by atoms with E-state index in [1.807, 2.05) is 18.2 Å². The zero-order chi connectivity index (χ0) is 22.1. The van der Waals surface area contributed by atoms with Crippen LogP contribution in [0.3, 0.4) is 0 Å². The van der Waals surface area contributed by atoms with Crippen LogP contribution in [0.5, 0.6) is 0 Å². The molecule has 1 amide bonds. The summed E-state index contributed by atoms with van der Waals surface area (Å²) in [6.07, 6.45) is -0.200. The van der Waals surface area contributed by atoms with E-state index in [2.05, 4.69) is 17.4 Å². The molecule has 2 aromatic carbocycles. The van der Waals surface area contributed by atoms with Gasteiger partial charge in [-0.2, -0.15) is 0 Å². The van der Waals surface area contributed by atoms with E-state index in [9.17, 15) is 19.5 Å². The number of alkyl carbamates (subject to hydrolysis) is 1. The average Bonchev–Trinajstić information content (AvgIpc) is 2.67. The molecule has 0 aliphatic heterocycles. The first-order valence-electron chi connectivity index (χ1n) is 9.66. The predicted molar refractivity (Wildman–Crippen MR) is 117 cm³/mol. The minimum atomic E-state index is -1.15. The molecule has 0 bridgehead atoms. The molecule has 6 nitrogen and oxygen atoms in total. The second-order valence-electron chi connectivity index (χ2n) is 7.77. The minimum absolute atomic E-state index is 0.0704. The topological polar surface area (TPSA) is 92.7 Å². The van der Waals surface area contributed by atoms with Gasteiger partial charge in [-0.15, -0.1) is 0 Å². The van der Waals surface area contributed by atoms with Crippen molar-refractivity contribution in [1.82, 2.24) is 5.32 Å². The van der Waals surface area contributed by atoms with Crippen LogP contribution in [0.2, 0.25) is 5.32 Å². The van der Waals surface area contributed by atoms with Gasteiger partial charge in [0.05, 0.1) is 0 Å². The Hall–Kier alpha value is -2.63. The second kappa shape index (κ2) is 10.9. The van der Waals surface area contributed by atoms with Crippen LogP contribution in [0.25, 0.3) is 0 Å². The van der Waals surface area contributed by atoms with Crippen molar-refractivity contribution in [1.29, 1.82) is 0 Å². The Balaban J connectivity index is 1.89. The first kappa shape index (κ1) is 23.6. The third-order valence-electron chi connectivity index (χ3n) is 4.05. The first-order chi connectivity index (χ1) is 14.1. The van der Waals surface area contributed by atoms with Crippen molar-refractivity contribution < 1.29 is 24.2 Å². The molecule has 0 spiro atoms. The zero-order valence-electron chi connectivity index (χ0n) is 17.4. The number of carbonyl (C=O) groups is 3. The molecule has 1 atom stereocenters. The van der Waals surface area contributed by atoms with Crippen molar-refractivity contribution in [3.8, 4) is 0 Å². The number of Topliss-reactive ketones (excluding diaryl/α,β-unsaturated/α-hetero) is 1. The van der Waals surface area contributed by atoms with E-state index in [4.69, 9.17) is 4.74 Å². The number of ether oxygens (including phenoxy) is 1. The number of rotatable bonds is 9. The van der Waals surface area contributed by atoms with E-state index in [-0.39, 0.29) is 27.2 Å². The van der Waals surface area contributed by atoms with Crippen LogP contribution in [0.4, 0.5) is 4.79 Å². The van der Waals surface area contributed by atoms with Gasteiger partial charge in [0.15, 0.2) is 0 Å². The maximum atomic E-state index is 12.4. The third-order valence-corrected chi connectivity index (χ3v) is 6.17. The number of carboxylic acids is 1. The summed E-state index contributed by atoms with van der Waals surface area (Å²) in [6.45, 7) is 5.12. The van der Waals surface area contributed by atoms with E-state index < -0.39 is 23.7 Å².